The highest BCUT2D eigenvalue weighted by atomic mass is 35.5. The van der Waals surface area contributed by atoms with Crippen LogP contribution in [-0.4, -0.2) is 35.8 Å². The number of halogens is 1. The van der Waals surface area contributed by atoms with Gasteiger partial charge in [0.25, 0.3) is 0 Å². The Hall–Kier alpha value is -3.10. The summed E-state index contributed by atoms with van der Waals surface area (Å²) in [6, 6.07) is 11.1. The smallest absolute Gasteiger partial charge is 0.228 e. The minimum Gasteiger partial charge on any atom is -0.324 e. The van der Waals surface area contributed by atoms with Gasteiger partial charge in [-0.1, -0.05) is 30.7 Å². The van der Waals surface area contributed by atoms with Gasteiger partial charge in [-0.15, -0.1) is 0 Å². The second-order valence-corrected chi connectivity index (χ2v) is 10.8. The van der Waals surface area contributed by atoms with Crippen molar-refractivity contribution < 1.29 is 18.0 Å². The third-order valence-electron chi connectivity index (χ3n) is 5.30. The van der Waals surface area contributed by atoms with Crippen molar-refractivity contribution >= 4 is 38.8 Å². The zero-order valence-electron chi connectivity index (χ0n) is 18.5. The summed E-state index contributed by atoms with van der Waals surface area (Å²) in [5.41, 5.74) is 1.18. The quantitative estimate of drug-likeness (QED) is 0.478. The van der Waals surface area contributed by atoms with E-state index in [1.807, 2.05) is 0 Å². The summed E-state index contributed by atoms with van der Waals surface area (Å²) in [5, 5.41) is 3.18. The Morgan fingerprint density at radius 3 is 2.30 bits per heavy atom. The molecule has 0 atom stereocenters. The molecule has 9 heteroatoms. The zero-order valence-corrected chi connectivity index (χ0v) is 20.1. The summed E-state index contributed by atoms with van der Waals surface area (Å²) in [4.78, 5) is 33.9. The number of Topliss-reactive ketones (excluding diaryl/α,β-unsaturated/α-hetero) is 1. The van der Waals surface area contributed by atoms with Crippen LogP contribution in [0.5, 0.6) is 0 Å². The van der Waals surface area contributed by atoms with Crippen molar-refractivity contribution in [2.75, 3.05) is 11.1 Å². The van der Waals surface area contributed by atoms with Crippen LogP contribution in [0.25, 0.3) is 0 Å². The van der Waals surface area contributed by atoms with Crippen LogP contribution in [0.2, 0.25) is 5.02 Å². The summed E-state index contributed by atoms with van der Waals surface area (Å²) < 4.78 is 23.8. The molecule has 172 valence electrons. The molecule has 0 aliphatic heterocycles. The van der Waals surface area contributed by atoms with Gasteiger partial charge < -0.3 is 5.32 Å². The molecule has 0 radical (unpaired) electrons. The lowest BCUT2D eigenvalue weighted by molar-refractivity contribution is -0.115. The number of hydrogen-bond donors (Lipinski definition) is 1. The molecule has 1 amide bonds. The SMILES string of the molecule is CCS(=O)(=O)c1ccc(CC(=O)Nc2ccc(C(=O)C(C)(C)c3cncc(Cl)c3)nc2)cc1. The highest BCUT2D eigenvalue weighted by molar-refractivity contribution is 7.91. The Morgan fingerprint density at radius 1 is 1.03 bits per heavy atom. The number of aromatic nitrogens is 2. The van der Waals surface area contributed by atoms with Gasteiger partial charge in [-0.25, -0.2) is 8.42 Å². The van der Waals surface area contributed by atoms with Crippen molar-refractivity contribution in [3.8, 4) is 0 Å². The van der Waals surface area contributed by atoms with Gasteiger partial charge in [0.05, 0.1) is 39.4 Å². The number of hydrogen-bond acceptors (Lipinski definition) is 6. The van der Waals surface area contributed by atoms with E-state index in [1.165, 1.54) is 24.5 Å². The van der Waals surface area contributed by atoms with Gasteiger partial charge in [0.15, 0.2) is 15.6 Å². The number of ketones is 1. The molecule has 2 aromatic heterocycles. The molecule has 0 saturated carbocycles. The number of carbonyl (C=O) groups excluding carboxylic acids is 2. The molecule has 3 aromatic rings. The summed E-state index contributed by atoms with van der Waals surface area (Å²) in [5.74, 6) is -0.468. The van der Waals surface area contributed by atoms with Crippen LogP contribution in [0.3, 0.4) is 0 Å². The van der Waals surface area contributed by atoms with Gasteiger partial charge >= 0.3 is 0 Å². The Morgan fingerprint density at radius 2 is 1.73 bits per heavy atom. The average molecular weight is 486 g/mol. The number of nitrogens with zero attached hydrogens (tertiary/aromatic N) is 2. The number of rotatable bonds is 8. The Kier molecular flexibility index (Phi) is 7.29. The second-order valence-electron chi connectivity index (χ2n) is 8.05. The molecule has 2 heterocycles. The lowest BCUT2D eigenvalue weighted by Gasteiger charge is -2.23. The van der Waals surface area contributed by atoms with E-state index in [-0.39, 0.29) is 34.5 Å². The van der Waals surface area contributed by atoms with Crippen molar-refractivity contribution in [2.45, 2.75) is 37.5 Å². The highest BCUT2D eigenvalue weighted by Gasteiger charge is 2.32. The Bertz CT molecular complexity index is 1270. The topological polar surface area (TPSA) is 106 Å². The third-order valence-corrected chi connectivity index (χ3v) is 7.26. The first-order valence-electron chi connectivity index (χ1n) is 10.3. The van der Waals surface area contributed by atoms with Gasteiger partial charge in [-0.05, 0) is 55.3 Å². The fraction of sp³-hybridized carbons (Fsp3) is 0.250. The van der Waals surface area contributed by atoms with E-state index in [4.69, 9.17) is 11.6 Å². The van der Waals surface area contributed by atoms with Gasteiger partial charge in [0, 0.05) is 12.4 Å². The number of carbonyl (C=O) groups is 2. The van der Waals surface area contributed by atoms with Crippen molar-refractivity contribution in [1.82, 2.24) is 9.97 Å². The van der Waals surface area contributed by atoms with E-state index in [0.717, 1.165) is 0 Å². The molecule has 0 aliphatic rings. The maximum Gasteiger partial charge on any atom is 0.228 e. The van der Waals surface area contributed by atoms with Crippen molar-refractivity contribution in [2.24, 2.45) is 0 Å². The average Bonchev–Trinajstić information content (AvgIpc) is 2.79. The summed E-state index contributed by atoms with van der Waals surface area (Å²) in [6.45, 7) is 5.13. The summed E-state index contributed by atoms with van der Waals surface area (Å²) in [6.07, 6.45) is 4.60. The molecule has 0 saturated heterocycles. The van der Waals surface area contributed by atoms with Crippen molar-refractivity contribution in [1.29, 1.82) is 0 Å². The number of nitrogens with one attached hydrogen (secondary N) is 1. The van der Waals surface area contributed by atoms with E-state index in [9.17, 15) is 18.0 Å². The Labute approximate surface area is 198 Å². The standard InChI is InChI=1S/C24H24ClN3O4S/c1-4-33(31,32)20-8-5-16(6-9-20)11-22(29)28-19-7-10-21(27-15-19)23(30)24(2,3)17-12-18(25)14-26-13-17/h5-10,12-15H,4,11H2,1-3H3,(H,28,29). The molecule has 0 bridgehead atoms. The van der Waals surface area contributed by atoms with Gasteiger partial charge in [-0.3, -0.25) is 19.6 Å². The van der Waals surface area contributed by atoms with Crippen LogP contribution in [0.4, 0.5) is 5.69 Å². The summed E-state index contributed by atoms with van der Waals surface area (Å²) in [7, 11) is -3.28. The van der Waals surface area contributed by atoms with E-state index in [1.54, 1.807) is 57.3 Å². The number of sulfone groups is 1. The number of benzene rings is 1. The fourth-order valence-electron chi connectivity index (χ4n) is 3.18. The molecule has 1 N–H and O–H groups in total. The molecular formula is C24H24ClN3O4S. The van der Waals surface area contributed by atoms with Crippen molar-refractivity contribution in [3.63, 3.8) is 0 Å². The first-order valence-corrected chi connectivity index (χ1v) is 12.3. The predicted octanol–water partition coefficient (Wildman–Crippen LogP) is 4.27. The van der Waals surface area contributed by atoms with Crippen molar-refractivity contribution in [3.05, 3.63) is 82.9 Å². The van der Waals surface area contributed by atoms with E-state index < -0.39 is 15.3 Å². The molecule has 7 nitrogen and oxygen atoms in total. The zero-order chi connectivity index (χ0) is 24.2. The van der Waals surface area contributed by atoms with E-state index in [2.05, 4.69) is 15.3 Å². The largest absolute Gasteiger partial charge is 0.324 e. The minimum atomic E-state index is -3.28. The predicted molar refractivity (Wildman–Crippen MR) is 127 cm³/mol. The lowest BCUT2D eigenvalue weighted by Crippen LogP contribution is -2.30. The van der Waals surface area contributed by atoms with Crippen LogP contribution in [-0.2, 0) is 26.5 Å². The van der Waals surface area contributed by atoms with Crippen LogP contribution in [0, 0.1) is 0 Å². The number of pyridine rings is 2. The van der Waals surface area contributed by atoms with Gasteiger partial charge in [-0.2, -0.15) is 0 Å². The Balaban J connectivity index is 1.65. The molecule has 0 unspecified atom stereocenters. The monoisotopic (exact) mass is 485 g/mol. The van der Waals surface area contributed by atoms with Crippen LogP contribution in [0.1, 0.15) is 42.4 Å². The molecule has 0 aliphatic carbocycles. The molecule has 3 rings (SSSR count). The van der Waals surface area contributed by atoms with Gasteiger partial charge in [0.1, 0.15) is 5.69 Å². The second kappa shape index (κ2) is 9.80. The molecule has 33 heavy (non-hydrogen) atoms. The first kappa shape index (κ1) is 24.5. The first-order chi connectivity index (χ1) is 15.5. The normalized spacial score (nSPS) is 11.8. The molecule has 0 spiro atoms. The van der Waals surface area contributed by atoms with E-state index >= 15 is 0 Å². The number of anilines is 1. The van der Waals surface area contributed by atoms with Gasteiger partial charge in [0.2, 0.25) is 5.91 Å². The fourth-order valence-corrected chi connectivity index (χ4v) is 4.24. The minimum absolute atomic E-state index is 0.0193. The lowest BCUT2D eigenvalue weighted by atomic mass is 9.80. The summed E-state index contributed by atoms with van der Waals surface area (Å²) >= 11 is 6.01. The van der Waals surface area contributed by atoms with E-state index in [0.29, 0.717) is 21.8 Å². The number of amides is 1. The molecule has 0 fully saturated rings. The van der Waals surface area contributed by atoms with Crippen LogP contribution < -0.4 is 5.32 Å². The maximum absolute atomic E-state index is 13.0. The maximum atomic E-state index is 13.0. The highest BCUT2D eigenvalue weighted by Crippen LogP contribution is 2.28. The molecular weight excluding hydrogens is 462 g/mol. The van der Waals surface area contributed by atoms with Crippen LogP contribution in [0.15, 0.2) is 66.0 Å². The molecule has 1 aromatic carbocycles. The van der Waals surface area contributed by atoms with Crippen LogP contribution >= 0.6 is 11.6 Å². The third kappa shape index (κ3) is 5.83.